The molecule has 3 heteroatoms. The molecule has 48 valence electrons. The average Bonchev–Trinajstić information content (AvgIpc) is 1.91. The fraction of sp³-hybridized carbons (Fsp3) is 0.800. The van der Waals surface area contributed by atoms with Crippen LogP contribution in [0, 0.1) is 5.92 Å². The van der Waals surface area contributed by atoms with E-state index in [0.29, 0.717) is 6.61 Å². The Kier molecular flexibility index (Phi) is 2.48. The van der Waals surface area contributed by atoms with E-state index in [2.05, 4.69) is 4.74 Å². The van der Waals surface area contributed by atoms with Crippen molar-refractivity contribution in [2.75, 3.05) is 6.61 Å². The van der Waals surface area contributed by atoms with Gasteiger partial charge in [-0.15, -0.1) is 0 Å². The van der Waals surface area contributed by atoms with Crippen LogP contribution in [0.3, 0.4) is 0 Å². The monoisotopic (exact) mass is 118 g/mol. The maximum atomic E-state index is 10.4. The molecule has 0 bridgehead atoms. The summed E-state index contributed by atoms with van der Waals surface area (Å²) < 4.78 is 4.63. The minimum absolute atomic E-state index is 0. The third kappa shape index (κ3) is 1.20. The van der Waals surface area contributed by atoms with Crippen LogP contribution in [0.2, 0.25) is 0 Å². The van der Waals surface area contributed by atoms with Gasteiger partial charge in [0.25, 0.3) is 0 Å². The maximum absolute atomic E-state index is 10.4. The highest BCUT2D eigenvalue weighted by atomic mass is 16.5. The summed E-state index contributed by atoms with van der Waals surface area (Å²) in [5.41, 5.74) is 0. The molecular weight excluding hydrogens is 108 g/mol. The first-order valence-corrected chi connectivity index (χ1v) is 2.47. The molecular formula is C5H10O3. The van der Waals surface area contributed by atoms with Crippen LogP contribution in [-0.2, 0) is 9.53 Å². The highest BCUT2D eigenvalue weighted by Crippen LogP contribution is 2.11. The number of ether oxygens (including phenoxy) is 1. The molecule has 0 aliphatic carbocycles. The Morgan fingerprint density at radius 2 is 2.38 bits per heavy atom. The lowest BCUT2D eigenvalue weighted by molar-refractivity contribution is -0.140. The standard InChI is InChI=1S/C5H8O2.H2O/c1-4-2-3-7-5(4)6;/h4H,2-3H2,1H3;1H2. The van der Waals surface area contributed by atoms with Crippen molar-refractivity contribution >= 4 is 5.97 Å². The van der Waals surface area contributed by atoms with Crippen molar-refractivity contribution in [3.8, 4) is 0 Å². The summed E-state index contributed by atoms with van der Waals surface area (Å²) in [6, 6.07) is 0. The highest BCUT2D eigenvalue weighted by molar-refractivity contribution is 5.73. The van der Waals surface area contributed by atoms with Crippen molar-refractivity contribution < 1.29 is 15.0 Å². The lowest BCUT2D eigenvalue weighted by Gasteiger charge is -1.88. The normalized spacial score (nSPS) is 26.6. The Balaban J connectivity index is 0.000000490. The Morgan fingerprint density at radius 3 is 2.50 bits per heavy atom. The van der Waals surface area contributed by atoms with Crippen molar-refractivity contribution in [2.45, 2.75) is 13.3 Å². The molecule has 0 aromatic carbocycles. The van der Waals surface area contributed by atoms with Gasteiger partial charge in [-0.05, 0) is 6.42 Å². The van der Waals surface area contributed by atoms with E-state index in [1.165, 1.54) is 0 Å². The Hall–Kier alpha value is -0.570. The predicted octanol–water partition coefficient (Wildman–Crippen LogP) is -0.255. The average molecular weight is 118 g/mol. The molecule has 0 aromatic heterocycles. The van der Waals surface area contributed by atoms with Crippen molar-refractivity contribution in [3.63, 3.8) is 0 Å². The summed E-state index contributed by atoms with van der Waals surface area (Å²) in [6.07, 6.45) is 0.902. The van der Waals surface area contributed by atoms with E-state index in [0.717, 1.165) is 6.42 Å². The van der Waals surface area contributed by atoms with Gasteiger partial charge in [0.2, 0.25) is 0 Å². The van der Waals surface area contributed by atoms with Crippen molar-refractivity contribution in [1.29, 1.82) is 0 Å². The quantitative estimate of drug-likeness (QED) is 0.411. The van der Waals surface area contributed by atoms with Crippen molar-refractivity contribution in [2.24, 2.45) is 5.92 Å². The molecule has 3 nitrogen and oxygen atoms in total. The Bertz CT molecular complexity index is 89.7. The molecule has 1 unspecified atom stereocenters. The zero-order chi connectivity index (χ0) is 5.28. The number of carbonyl (C=O) groups is 1. The molecule has 1 aliphatic heterocycles. The van der Waals surface area contributed by atoms with E-state index in [-0.39, 0.29) is 17.4 Å². The van der Waals surface area contributed by atoms with Crippen LogP contribution < -0.4 is 0 Å². The predicted molar refractivity (Wildman–Crippen MR) is 28.4 cm³/mol. The third-order valence-corrected chi connectivity index (χ3v) is 1.20. The molecule has 0 amide bonds. The van der Waals surface area contributed by atoms with E-state index >= 15 is 0 Å². The van der Waals surface area contributed by atoms with Gasteiger partial charge < -0.3 is 10.2 Å². The minimum atomic E-state index is -0.0417. The van der Waals surface area contributed by atoms with Gasteiger partial charge in [0, 0.05) is 0 Å². The zero-order valence-electron chi connectivity index (χ0n) is 4.81. The topological polar surface area (TPSA) is 57.8 Å². The molecule has 1 aliphatic rings. The first-order chi connectivity index (χ1) is 3.30. The van der Waals surface area contributed by atoms with Gasteiger partial charge in [-0.25, -0.2) is 0 Å². The number of esters is 1. The third-order valence-electron chi connectivity index (χ3n) is 1.20. The van der Waals surface area contributed by atoms with E-state index in [4.69, 9.17) is 0 Å². The summed E-state index contributed by atoms with van der Waals surface area (Å²) in [5.74, 6) is 0.111. The SMILES string of the molecule is CC1CCOC1=O.O. The van der Waals surface area contributed by atoms with E-state index in [9.17, 15) is 4.79 Å². The smallest absolute Gasteiger partial charge is 0.308 e. The molecule has 1 fully saturated rings. The molecule has 0 saturated carbocycles. The van der Waals surface area contributed by atoms with Crippen LogP contribution in [0.5, 0.6) is 0 Å². The molecule has 1 rings (SSSR count). The van der Waals surface area contributed by atoms with Crippen LogP contribution in [0.1, 0.15) is 13.3 Å². The molecule has 1 saturated heterocycles. The highest BCUT2D eigenvalue weighted by Gasteiger charge is 2.20. The fourth-order valence-electron chi connectivity index (χ4n) is 0.596. The van der Waals surface area contributed by atoms with E-state index in [1.807, 2.05) is 6.92 Å². The molecule has 0 aromatic rings. The van der Waals surface area contributed by atoms with Crippen LogP contribution in [0.15, 0.2) is 0 Å². The van der Waals surface area contributed by atoms with Gasteiger partial charge in [0.15, 0.2) is 0 Å². The molecule has 2 N–H and O–H groups in total. The zero-order valence-corrected chi connectivity index (χ0v) is 4.81. The lowest BCUT2D eigenvalue weighted by atomic mass is 10.2. The second kappa shape index (κ2) is 2.67. The summed E-state index contributed by atoms with van der Waals surface area (Å²) >= 11 is 0. The van der Waals surface area contributed by atoms with Crippen LogP contribution in [-0.4, -0.2) is 18.1 Å². The van der Waals surface area contributed by atoms with Gasteiger partial charge in [0.05, 0.1) is 12.5 Å². The number of hydrogen-bond acceptors (Lipinski definition) is 2. The van der Waals surface area contributed by atoms with Gasteiger partial charge in [-0.2, -0.15) is 0 Å². The number of rotatable bonds is 0. The summed E-state index contributed by atoms with van der Waals surface area (Å²) in [5, 5.41) is 0. The molecule has 1 heterocycles. The second-order valence-corrected chi connectivity index (χ2v) is 1.86. The van der Waals surface area contributed by atoms with Crippen LogP contribution >= 0.6 is 0 Å². The first-order valence-electron chi connectivity index (χ1n) is 2.47. The largest absolute Gasteiger partial charge is 0.465 e. The van der Waals surface area contributed by atoms with Crippen molar-refractivity contribution in [1.82, 2.24) is 0 Å². The summed E-state index contributed by atoms with van der Waals surface area (Å²) in [4.78, 5) is 10.4. The van der Waals surface area contributed by atoms with E-state index < -0.39 is 0 Å². The Morgan fingerprint density at radius 1 is 1.75 bits per heavy atom. The van der Waals surface area contributed by atoms with Crippen molar-refractivity contribution in [3.05, 3.63) is 0 Å². The number of carbonyl (C=O) groups excluding carboxylic acids is 1. The maximum Gasteiger partial charge on any atom is 0.308 e. The van der Waals surface area contributed by atoms with Gasteiger partial charge in [-0.1, -0.05) is 6.92 Å². The van der Waals surface area contributed by atoms with Gasteiger partial charge in [-0.3, -0.25) is 4.79 Å². The van der Waals surface area contributed by atoms with Crippen LogP contribution in [0.4, 0.5) is 0 Å². The molecule has 0 spiro atoms. The molecule has 1 atom stereocenters. The first kappa shape index (κ1) is 7.43. The minimum Gasteiger partial charge on any atom is -0.465 e. The summed E-state index contributed by atoms with van der Waals surface area (Å²) in [7, 11) is 0. The fourth-order valence-corrected chi connectivity index (χ4v) is 0.596. The Labute approximate surface area is 47.9 Å². The van der Waals surface area contributed by atoms with Gasteiger partial charge in [0.1, 0.15) is 0 Å². The molecule has 0 radical (unpaired) electrons. The van der Waals surface area contributed by atoms with E-state index in [1.54, 1.807) is 0 Å². The summed E-state index contributed by atoms with van der Waals surface area (Å²) in [6.45, 7) is 2.51. The number of hydrogen-bond donors (Lipinski definition) is 0. The number of cyclic esters (lactones) is 1. The second-order valence-electron chi connectivity index (χ2n) is 1.86. The van der Waals surface area contributed by atoms with Gasteiger partial charge >= 0.3 is 5.97 Å². The lowest BCUT2D eigenvalue weighted by Crippen LogP contribution is -2.00. The van der Waals surface area contributed by atoms with Crippen LogP contribution in [0.25, 0.3) is 0 Å². The molecule has 8 heavy (non-hydrogen) atoms.